The van der Waals surface area contributed by atoms with Gasteiger partial charge in [0.05, 0.1) is 22.9 Å². The van der Waals surface area contributed by atoms with E-state index in [1.807, 2.05) is 0 Å². The molecule has 0 aliphatic rings. The number of rotatable bonds is 6. The maximum absolute atomic E-state index is 12.6. The van der Waals surface area contributed by atoms with E-state index in [1.165, 1.54) is 27.8 Å². The molecule has 1 aromatic heterocycles. The van der Waals surface area contributed by atoms with Crippen LogP contribution in [0.5, 0.6) is 0 Å². The first-order valence-electron chi connectivity index (χ1n) is 9.30. The number of carbonyl (C=O) groups is 2. The second-order valence-corrected chi connectivity index (χ2v) is 6.47. The summed E-state index contributed by atoms with van der Waals surface area (Å²) in [5, 5.41) is 21.6. The molecule has 0 saturated carbocycles. The third kappa shape index (κ3) is 4.66. The van der Waals surface area contributed by atoms with Crippen molar-refractivity contribution in [2.24, 2.45) is 0 Å². The smallest absolute Gasteiger partial charge is 0.413 e. The van der Waals surface area contributed by atoms with Crippen LogP contribution < -0.4 is 10.2 Å². The summed E-state index contributed by atoms with van der Waals surface area (Å²) in [4.78, 5) is 36.3. The zero-order valence-electron chi connectivity index (χ0n) is 17.1. The van der Waals surface area contributed by atoms with Gasteiger partial charge >= 0.3 is 6.09 Å². The summed E-state index contributed by atoms with van der Waals surface area (Å²) in [7, 11) is 1.58. The fraction of sp³-hybridized carbons (Fsp3) is 0.200. The molecule has 11 heteroatoms. The molecule has 0 bridgehead atoms. The van der Waals surface area contributed by atoms with Crippen molar-refractivity contribution in [3.05, 3.63) is 70.0 Å². The average Bonchev–Trinajstić information content (AvgIpc) is 3.15. The van der Waals surface area contributed by atoms with Crippen LogP contribution in [-0.4, -0.2) is 45.6 Å². The SMILES string of the molecule is CCOC(=O)N(C)c1ccc(NC(=O)c2nnn(-c3cccc([N+](=O)[O-])c3)c2C)cc1. The van der Waals surface area contributed by atoms with Crippen LogP contribution in [0.25, 0.3) is 5.69 Å². The van der Waals surface area contributed by atoms with Crippen molar-refractivity contribution in [1.82, 2.24) is 15.0 Å². The van der Waals surface area contributed by atoms with E-state index in [4.69, 9.17) is 4.74 Å². The van der Waals surface area contributed by atoms with Crippen molar-refractivity contribution < 1.29 is 19.2 Å². The Morgan fingerprint density at radius 3 is 2.58 bits per heavy atom. The van der Waals surface area contributed by atoms with E-state index in [9.17, 15) is 19.7 Å². The molecule has 0 unspecified atom stereocenters. The van der Waals surface area contributed by atoms with Gasteiger partial charge in [-0.2, -0.15) is 0 Å². The normalized spacial score (nSPS) is 10.4. The van der Waals surface area contributed by atoms with Gasteiger partial charge in [-0.15, -0.1) is 5.10 Å². The maximum Gasteiger partial charge on any atom is 0.413 e. The Labute approximate surface area is 177 Å². The van der Waals surface area contributed by atoms with Crippen LogP contribution in [-0.2, 0) is 4.74 Å². The van der Waals surface area contributed by atoms with Gasteiger partial charge in [-0.25, -0.2) is 9.48 Å². The van der Waals surface area contributed by atoms with E-state index in [1.54, 1.807) is 51.2 Å². The Morgan fingerprint density at radius 1 is 1.23 bits per heavy atom. The molecule has 11 nitrogen and oxygen atoms in total. The van der Waals surface area contributed by atoms with Gasteiger partial charge in [-0.3, -0.25) is 19.8 Å². The van der Waals surface area contributed by atoms with Gasteiger partial charge in [0.15, 0.2) is 5.69 Å². The number of hydrogen-bond donors (Lipinski definition) is 1. The van der Waals surface area contributed by atoms with Crippen molar-refractivity contribution in [2.45, 2.75) is 13.8 Å². The molecule has 1 N–H and O–H groups in total. The molecule has 0 aliphatic heterocycles. The second-order valence-electron chi connectivity index (χ2n) is 6.47. The van der Waals surface area contributed by atoms with Gasteiger partial charge in [0.1, 0.15) is 0 Å². The number of nitrogens with one attached hydrogen (secondary N) is 1. The standard InChI is InChI=1S/C20H20N6O5/c1-4-31-20(28)24(3)15-10-8-14(9-11-15)21-19(27)18-13(2)25(23-22-18)16-6-5-7-17(12-16)26(29)30/h5-12H,4H2,1-3H3,(H,21,27). The van der Waals surface area contributed by atoms with E-state index in [0.717, 1.165) is 0 Å². The molecule has 0 fully saturated rings. The Bertz CT molecular complexity index is 1130. The fourth-order valence-corrected chi connectivity index (χ4v) is 2.81. The highest BCUT2D eigenvalue weighted by Crippen LogP contribution is 2.20. The van der Waals surface area contributed by atoms with Crippen LogP contribution in [0.15, 0.2) is 48.5 Å². The quantitative estimate of drug-likeness (QED) is 0.474. The minimum Gasteiger partial charge on any atom is -0.449 e. The molecule has 0 aliphatic carbocycles. The first-order chi connectivity index (χ1) is 14.8. The summed E-state index contributed by atoms with van der Waals surface area (Å²) in [5.41, 5.74) is 1.94. The number of hydrogen-bond acceptors (Lipinski definition) is 7. The summed E-state index contributed by atoms with van der Waals surface area (Å²) >= 11 is 0. The molecule has 3 aromatic rings. The van der Waals surface area contributed by atoms with Gasteiger partial charge in [0.2, 0.25) is 0 Å². The van der Waals surface area contributed by atoms with Crippen LogP contribution >= 0.6 is 0 Å². The van der Waals surface area contributed by atoms with Crippen LogP contribution in [0.2, 0.25) is 0 Å². The molecule has 2 amide bonds. The monoisotopic (exact) mass is 424 g/mol. The molecule has 0 radical (unpaired) electrons. The lowest BCUT2D eigenvalue weighted by molar-refractivity contribution is -0.384. The first kappa shape index (κ1) is 21.4. The molecule has 0 spiro atoms. The van der Waals surface area contributed by atoms with Crippen LogP contribution in [0, 0.1) is 17.0 Å². The summed E-state index contributed by atoms with van der Waals surface area (Å²) < 4.78 is 6.31. The molecular weight excluding hydrogens is 404 g/mol. The summed E-state index contributed by atoms with van der Waals surface area (Å²) in [6.45, 7) is 3.64. The van der Waals surface area contributed by atoms with E-state index < -0.39 is 16.9 Å². The van der Waals surface area contributed by atoms with Gasteiger partial charge in [-0.05, 0) is 44.2 Å². The third-order valence-corrected chi connectivity index (χ3v) is 4.45. The molecule has 0 saturated heterocycles. The number of anilines is 2. The van der Waals surface area contributed by atoms with E-state index in [-0.39, 0.29) is 18.0 Å². The topological polar surface area (TPSA) is 132 Å². The number of non-ortho nitro benzene ring substituents is 1. The second kappa shape index (κ2) is 9.03. The van der Waals surface area contributed by atoms with Crippen LogP contribution in [0.1, 0.15) is 23.1 Å². The minimum absolute atomic E-state index is 0.0826. The van der Waals surface area contributed by atoms with E-state index >= 15 is 0 Å². The van der Waals surface area contributed by atoms with Gasteiger partial charge in [0.25, 0.3) is 11.6 Å². The first-order valence-corrected chi connectivity index (χ1v) is 9.30. The Kier molecular flexibility index (Phi) is 6.24. The van der Waals surface area contributed by atoms with Crippen LogP contribution in [0.4, 0.5) is 21.9 Å². The number of benzene rings is 2. The Balaban J connectivity index is 1.75. The van der Waals surface area contributed by atoms with Gasteiger partial charge in [0, 0.05) is 30.6 Å². The molecule has 0 atom stereocenters. The molecule has 3 rings (SSSR count). The van der Waals surface area contributed by atoms with E-state index in [0.29, 0.717) is 22.8 Å². The van der Waals surface area contributed by atoms with Crippen molar-refractivity contribution in [3.63, 3.8) is 0 Å². The lowest BCUT2D eigenvalue weighted by atomic mass is 10.2. The lowest BCUT2D eigenvalue weighted by Gasteiger charge is -2.16. The van der Waals surface area contributed by atoms with Gasteiger partial charge in [-0.1, -0.05) is 11.3 Å². The zero-order chi connectivity index (χ0) is 22.5. The molecule has 31 heavy (non-hydrogen) atoms. The summed E-state index contributed by atoms with van der Waals surface area (Å²) in [6, 6.07) is 12.5. The number of aromatic nitrogens is 3. The number of amides is 2. The van der Waals surface area contributed by atoms with Crippen LogP contribution in [0.3, 0.4) is 0 Å². The maximum atomic E-state index is 12.6. The predicted molar refractivity (Wildman–Crippen MR) is 113 cm³/mol. The number of nitro groups is 1. The molecular formula is C20H20N6O5. The van der Waals surface area contributed by atoms with Crippen molar-refractivity contribution >= 4 is 29.1 Å². The molecule has 2 aromatic carbocycles. The number of nitro benzene ring substituents is 1. The Hall–Kier alpha value is -4.28. The van der Waals surface area contributed by atoms with E-state index in [2.05, 4.69) is 15.6 Å². The number of ether oxygens (including phenoxy) is 1. The van der Waals surface area contributed by atoms with Crippen molar-refractivity contribution in [1.29, 1.82) is 0 Å². The number of nitrogens with zero attached hydrogens (tertiary/aromatic N) is 5. The lowest BCUT2D eigenvalue weighted by Crippen LogP contribution is -2.26. The highest BCUT2D eigenvalue weighted by molar-refractivity contribution is 6.03. The largest absolute Gasteiger partial charge is 0.449 e. The molecule has 1 heterocycles. The summed E-state index contributed by atoms with van der Waals surface area (Å²) in [5.74, 6) is -0.485. The molecule has 160 valence electrons. The minimum atomic E-state index is -0.508. The third-order valence-electron chi connectivity index (χ3n) is 4.45. The predicted octanol–water partition coefficient (Wildman–Crippen LogP) is 3.33. The number of carbonyl (C=O) groups excluding carboxylic acids is 2. The van der Waals surface area contributed by atoms with Gasteiger partial charge < -0.3 is 10.1 Å². The average molecular weight is 424 g/mol. The highest BCUT2D eigenvalue weighted by atomic mass is 16.6. The fourth-order valence-electron chi connectivity index (χ4n) is 2.81. The summed E-state index contributed by atoms with van der Waals surface area (Å²) in [6.07, 6.45) is -0.479. The van der Waals surface area contributed by atoms with Crippen molar-refractivity contribution in [2.75, 3.05) is 23.9 Å². The zero-order valence-corrected chi connectivity index (χ0v) is 17.1. The highest BCUT2D eigenvalue weighted by Gasteiger charge is 2.19. The van der Waals surface area contributed by atoms with Crippen molar-refractivity contribution in [3.8, 4) is 5.69 Å². The Morgan fingerprint density at radius 2 is 1.94 bits per heavy atom.